The molecule has 0 aromatic carbocycles. The van der Waals surface area contributed by atoms with E-state index in [0.29, 0.717) is 5.41 Å². The quantitative estimate of drug-likeness (QED) is 0.709. The summed E-state index contributed by atoms with van der Waals surface area (Å²) in [6.07, 6.45) is 10.1. The molecule has 2 fully saturated rings. The molecule has 2 heteroatoms. The third kappa shape index (κ3) is 2.60. The van der Waals surface area contributed by atoms with Gasteiger partial charge in [-0.3, -0.25) is 0 Å². The Morgan fingerprint density at radius 1 is 1.12 bits per heavy atom. The number of likely N-dealkylation sites (tertiary alicyclic amines) is 2. The van der Waals surface area contributed by atoms with Gasteiger partial charge < -0.3 is 9.80 Å². The fourth-order valence-electron chi connectivity index (χ4n) is 3.34. The van der Waals surface area contributed by atoms with Crippen LogP contribution in [0.15, 0.2) is 12.3 Å². The Morgan fingerprint density at radius 2 is 1.88 bits per heavy atom. The summed E-state index contributed by atoms with van der Waals surface area (Å²) < 4.78 is 0. The Balaban J connectivity index is 1.92. The summed E-state index contributed by atoms with van der Waals surface area (Å²) in [6, 6.07) is 0. The van der Waals surface area contributed by atoms with E-state index in [1.165, 1.54) is 58.4 Å². The van der Waals surface area contributed by atoms with Gasteiger partial charge in [0.25, 0.3) is 0 Å². The molecule has 2 aliphatic heterocycles. The first-order valence-corrected chi connectivity index (χ1v) is 6.87. The maximum Gasteiger partial charge on any atom is 0.0229 e. The molecule has 2 saturated heterocycles. The number of rotatable bonds is 2. The monoisotopic (exact) mass is 222 g/mol. The van der Waals surface area contributed by atoms with Crippen molar-refractivity contribution in [3.05, 3.63) is 12.3 Å². The molecule has 0 aromatic heterocycles. The van der Waals surface area contributed by atoms with E-state index in [1.807, 2.05) is 0 Å². The third-order valence-corrected chi connectivity index (χ3v) is 4.41. The van der Waals surface area contributed by atoms with E-state index in [1.54, 1.807) is 0 Å². The van der Waals surface area contributed by atoms with Crippen molar-refractivity contribution in [3.8, 4) is 0 Å². The van der Waals surface area contributed by atoms with E-state index >= 15 is 0 Å². The zero-order chi connectivity index (χ0) is 11.4. The standard InChI is InChI=1S/C14H26N2/c1-3-9-16-10-5-6-14(13-16)7-11-15(4-2)12-8-14/h3,9H,4-8,10-13H2,1-2H3/b9-3+. The molecule has 0 saturated carbocycles. The first kappa shape index (κ1) is 12.0. The molecular formula is C14H26N2. The highest BCUT2D eigenvalue weighted by Crippen LogP contribution is 2.39. The normalized spacial score (nSPS) is 26.8. The minimum absolute atomic E-state index is 0.642. The minimum atomic E-state index is 0.642. The summed E-state index contributed by atoms with van der Waals surface area (Å²) in [7, 11) is 0. The van der Waals surface area contributed by atoms with Gasteiger partial charge in [-0.1, -0.05) is 13.0 Å². The molecule has 2 nitrogen and oxygen atoms in total. The van der Waals surface area contributed by atoms with Crippen molar-refractivity contribution < 1.29 is 0 Å². The van der Waals surface area contributed by atoms with Gasteiger partial charge in [-0.25, -0.2) is 0 Å². The highest BCUT2D eigenvalue weighted by Gasteiger charge is 2.37. The molecule has 92 valence electrons. The van der Waals surface area contributed by atoms with Crippen LogP contribution in [0.1, 0.15) is 39.5 Å². The maximum atomic E-state index is 2.60. The van der Waals surface area contributed by atoms with E-state index in [2.05, 4.69) is 35.9 Å². The van der Waals surface area contributed by atoms with E-state index in [-0.39, 0.29) is 0 Å². The van der Waals surface area contributed by atoms with Crippen LogP contribution in [-0.2, 0) is 0 Å². The van der Waals surface area contributed by atoms with Crippen LogP contribution in [0.5, 0.6) is 0 Å². The van der Waals surface area contributed by atoms with Crippen LogP contribution in [0.3, 0.4) is 0 Å². The summed E-state index contributed by atoms with van der Waals surface area (Å²) in [4.78, 5) is 5.13. The maximum absolute atomic E-state index is 2.60. The molecule has 1 spiro atoms. The summed E-state index contributed by atoms with van der Waals surface area (Å²) >= 11 is 0. The van der Waals surface area contributed by atoms with Gasteiger partial charge in [-0.15, -0.1) is 0 Å². The van der Waals surface area contributed by atoms with Crippen molar-refractivity contribution in [3.63, 3.8) is 0 Å². The molecular weight excluding hydrogens is 196 g/mol. The summed E-state index contributed by atoms with van der Waals surface area (Å²) in [6.45, 7) is 10.8. The number of piperidine rings is 2. The number of allylic oxidation sites excluding steroid dienone is 1. The lowest BCUT2D eigenvalue weighted by molar-refractivity contribution is 0.0436. The Labute approximate surface area is 100 Å². The first-order valence-electron chi connectivity index (χ1n) is 6.87. The van der Waals surface area contributed by atoms with Crippen molar-refractivity contribution in [1.82, 2.24) is 9.80 Å². The summed E-state index contributed by atoms with van der Waals surface area (Å²) in [5.41, 5.74) is 0.642. The second-order valence-corrected chi connectivity index (χ2v) is 5.49. The predicted octanol–water partition coefficient (Wildman–Crippen LogP) is 2.72. The van der Waals surface area contributed by atoms with E-state index in [9.17, 15) is 0 Å². The smallest absolute Gasteiger partial charge is 0.0229 e. The molecule has 0 unspecified atom stereocenters. The van der Waals surface area contributed by atoms with Gasteiger partial charge in [-0.2, -0.15) is 0 Å². The van der Waals surface area contributed by atoms with Gasteiger partial charge in [0.05, 0.1) is 0 Å². The third-order valence-electron chi connectivity index (χ3n) is 4.41. The Kier molecular flexibility index (Phi) is 3.91. The molecule has 16 heavy (non-hydrogen) atoms. The van der Waals surface area contributed by atoms with E-state index < -0.39 is 0 Å². The zero-order valence-corrected chi connectivity index (χ0v) is 10.9. The fourth-order valence-corrected chi connectivity index (χ4v) is 3.34. The zero-order valence-electron chi connectivity index (χ0n) is 10.9. The minimum Gasteiger partial charge on any atom is -0.377 e. The van der Waals surface area contributed by atoms with Gasteiger partial charge >= 0.3 is 0 Å². The SMILES string of the molecule is C/C=C/N1CCCC2(CCN(CC)CC2)C1. The van der Waals surface area contributed by atoms with Crippen molar-refractivity contribution in [2.45, 2.75) is 39.5 Å². The highest BCUT2D eigenvalue weighted by molar-refractivity contribution is 4.94. The average Bonchev–Trinajstić information content (AvgIpc) is 2.31. The van der Waals surface area contributed by atoms with Crippen LogP contribution in [0.2, 0.25) is 0 Å². The number of nitrogens with zero attached hydrogens (tertiary/aromatic N) is 2. The molecule has 2 rings (SSSR count). The molecule has 2 heterocycles. The van der Waals surface area contributed by atoms with Gasteiger partial charge in [0.2, 0.25) is 0 Å². The lowest BCUT2D eigenvalue weighted by Gasteiger charge is -2.47. The topological polar surface area (TPSA) is 6.48 Å². The lowest BCUT2D eigenvalue weighted by Crippen LogP contribution is -2.48. The molecule has 0 amide bonds. The first-order chi connectivity index (χ1) is 7.78. The molecule has 0 aliphatic carbocycles. The molecule has 0 radical (unpaired) electrons. The number of hydrogen-bond acceptors (Lipinski definition) is 2. The predicted molar refractivity (Wildman–Crippen MR) is 69.4 cm³/mol. The van der Waals surface area contributed by atoms with Crippen LogP contribution >= 0.6 is 0 Å². The second-order valence-electron chi connectivity index (χ2n) is 5.49. The lowest BCUT2D eigenvalue weighted by atomic mass is 9.72. The van der Waals surface area contributed by atoms with Gasteiger partial charge in [0, 0.05) is 13.1 Å². The van der Waals surface area contributed by atoms with E-state index in [0.717, 1.165) is 0 Å². The molecule has 0 aromatic rings. The molecule has 0 bridgehead atoms. The van der Waals surface area contributed by atoms with Crippen molar-refractivity contribution >= 4 is 0 Å². The molecule has 0 N–H and O–H groups in total. The molecule has 0 atom stereocenters. The number of hydrogen-bond donors (Lipinski definition) is 0. The average molecular weight is 222 g/mol. The summed E-state index contributed by atoms with van der Waals surface area (Å²) in [5.74, 6) is 0. The van der Waals surface area contributed by atoms with Crippen LogP contribution in [0.25, 0.3) is 0 Å². The van der Waals surface area contributed by atoms with Gasteiger partial charge in [0.15, 0.2) is 0 Å². The largest absolute Gasteiger partial charge is 0.377 e. The van der Waals surface area contributed by atoms with Crippen LogP contribution in [0, 0.1) is 5.41 Å². The Bertz CT molecular complexity index is 239. The van der Waals surface area contributed by atoms with Gasteiger partial charge in [0.1, 0.15) is 0 Å². The van der Waals surface area contributed by atoms with Gasteiger partial charge in [-0.05, 0) is 63.9 Å². The summed E-state index contributed by atoms with van der Waals surface area (Å²) in [5, 5.41) is 0. The van der Waals surface area contributed by atoms with Crippen molar-refractivity contribution in [2.75, 3.05) is 32.7 Å². The van der Waals surface area contributed by atoms with Crippen molar-refractivity contribution in [1.29, 1.82) is 0 Å². The van der Waals surface area contributed by atoms with E-state index in [4.69, 9.17) is 0 Å². The highest BCUT2D eigenvalue weighted by atomic mass is 15.2. The fraction of sp³-hybridized carbons (Fsp3) is 0.857. The Hall–Kier alpha value is -0.500. The molecule has 2 aliphatic rings. The Morgan fingerprint density at radius 3 is 2.50 bits per heavy atom. The second kappa shape index (κ2) is 5.22. The van der Waals surface area contributed by atoms with Crippen LogP contribution in [0.4, 0.5) is 0 Å². The van der Waals surface area contributed by atoms with Crippen LogP contribution < -0.4 is 0 Å². The van der Waals surface area contributed by atoms with Crippen LogP contribution in [-0.4, -0.2) is 42.5 Å². The van der Waals surface area contributed by atoms with Crippen molar-refractivity contribution in [2.24, 2.45) is 5.41 Å².